The summed E-state index contributed by atoms with van der Waals surface area (Å²) in [6, 6.07) is 3.81. The fourth-order valence-corrected chi connectivity index (χ4v) is 1.18. The fraction of sp³-hybridized carbons (Fsp3) is 0. The number of hydrogen-bond acceptors (Lipinski definition) is 4. The van der Waals surface area contributed by atoms with Crippen LogP contribution in [0, 0.1) is 0 Å². The fourth-order valence-electron chi connectivity index (χ4n) is 1.18. The second-order valence-electron chi connectivity index (χ2n) is 3.10. The van der Waals surface area contributed by atoms with Gasteiger partial charge in [0.1, 0.15) is 0 Å². The van der Waals surface area contributed by atoms with E-state index in [-0.39, 0.29) is 17.1 Å². The Bertz CT molecular complexity index is 508. The molecule has 0 radical (unpaired) electrons. The molecule has 0 bridgehead atoms. The number of carbonyl (C=O) groups excluding carboxylic acids is 1. The normalized spacial score (nSPS) is 10.0. The van der Waals surface area contributed by atoms with Crippen LogP contribution in [-0.2, 0) is 0 Å². The van der Waals surface area contributed by atoms with Gasteiger partial charge >= 0.3 is 0 Å². The second kappa shape index (κ2) is 3.93. The number of carbonyl (C=O) groups is 1. The maximum atomic E-state index is 11.6. The van der Waals surface area contributed by atoms with Crippen LogP contribution in [0.15, 0.2) is 30.6 Å². The van der Waals surface area contributed by atoms with E-state index in [0.29, 0.717) is 5.95 Å². The Balaban J connectivity index is 2.18. The molecule has 0 fully saturated rings. The Labute approximate surface area is 90.6 Å². The molecule has 0 aliphatic carbocycles. The summed E-state index contributed by atoms with van der Waals surface area (Å²) in [7, 11) is 0. The zero-order valence-electron chi connectivity index (χ0n) is 8.14. The minimum Gasteiger partial charge on any atom is -0.504 e. The molecule has 1 heterocycles. The highest BCUT2D eigenvalue weighted by molar-refractivity contribution is 6.03. The van der Waals surface area contributed by atoms with Gasteiger partial charge in [-0.2, -0.15) is 0 Å². The standard InChI is InChI=1S/C10H9N3O3/c14-7-2-1-6(5-8(7)15)9(16)13-10-11-3-4-12-10/h1-5,14-15H,(H2,11,12,13,16). The van der Waals surface area contributed by atoms with Gasteiger partial charge in [0.25, 0.3) is 5.91 Å². The Morgan fingerprint density at radius 3 is 2.75 bits per heavy atom. The van der Waals surface area contributed by atoms with Gasteiger partial charge in [-0.25, -0.2) is 4.98 Å². The summed E-state index contributed by atoms with van der Waals surface area (Å²) >= 11 is 0. The molecule has 2 aromatic rings. The third kappa shape index (κ3) is 1.95. The van der Waals surface area contributed by atoms with Gasteiger partial charge in [0, 0.05) is 18.0 Å². The van der Waals surface area contributed by atoms with Crippen molar-refractivity contribution in [2.75, 3.05) is 5.32 Å². The summed E-state index contributed by atoms with van der Waals surface area (Å²) in [5.74, 6) is -0.718. The lowest BCUT2D eigenvalue weighted by Crippen LogP contribution is -2.12. The van der Waals surface area contributed by atoms with Crippen LogP contribution >= 0.6 is 0 Å². The van der Waals surface area contributed by atoms with Gasteiger partial charge in [-0.05, 0) is 18.2 Å². The first-order valence-electron chi connectivity index (χ1n) is 4.49. The summed E-state index contributed by atoms with van der Waals surface area (Å²) in [6.07, 6.45) is 3.08. The first kappa shape index (κ1) is 10.0. The van der Waals surface area contributed by atoms with Crippen LogP contribution in [0.2, 0.25) is 0 Å². The molecule has 1 aromatic carbocycles. The minimum absolute atomic E-state index is 0.228. The van der Waals surface area contributed by atoms with Crippen LogP contribution in [0.5, 0.6) is 11.5 Å². The van der Waals surface area contributed by atoms with E-state index < -0.39 is 5.91 Å². The largest absolute Gasteiger partial charge is 0.504 e. The van der Waals surface area contributed by atoms with E-state index in [2.05, 4.69) is 15.3 Å². The Kier molecular flexibility index (Phi) is 2.47. The highest BCUT2D eigenvalue weighted by Gasteiger charge is 2.09. The minimum atomic E-state index is -0.426. The number of amides is 1. The molecule has 6 heteroatoms. The Morgan fingerprint density at radius 1 is 1.31 bits per heavy atom. The monoisotopic (exact) mass is 219 g/mol. The molecule has 1 aromatic heterocycles. The number of hydrogen-bond donors (Lipinski definition) is 4. The van der Waals surface area contributed by atoms with Crippen molar-refractivity contribution < 1.29 is 15.0 Å². The summed E-state index contributed by atoms with van der Waals surface area (Å²) in [6.45, 7) is 0. The molecule has 0 atom stereocenters. The molecule has 0 unspecified atom stereocenters. The molecule has 0 saturated carbocycles. The number of phenolic OH excluding ortho intramolecular Hbond substituents is 2. The van der Waals surface area contributed by atoms with E-state index in [1.807, 2.05) is 0 Å². The number of H-pyrrole nitrogens is 1. The number of aromatic amines is 1. The van der Waals surface area contributed by atoms with Gasteiger partial charge in [-0.1, -0.05) is 0 Å². The van der Waals surface area contributed by atoms with Crippen molar-refractivity contribution >= 4 is 11.9 Å². The quantitative estimate of drug-likeness (QED) is 0.568. The van der Waals surface area contributed by atoms with Crippen LogP contribution in [-0.4, -0.2) is 26.1 Å². The van der Waals surface area contributed by atoms with E-state index >= 15 is 0 Å². The van der Waals surface area contributed by atoms with Crippen molar-refractivity contribution in [2.45, 2.75) is 0 Å². The maximum Gasteiger partial charge on any atom is 0.258 e. The number of aromatic nitrogens is 2. The SMILES string of the molecule is O=C(Nc1ncc[nH]1)c1ccc(O)c(O)c1. The topological polar surface area (TPSA) is 98.2 Å². The molecule has 2 rings (SSSR count). The van der Waals surface area contributed by atoms with Gasteiger partial charge < -0.3 is 15.2 Å². The molecular weight excluding hydrogens is 210 g/mol. The van der Waals surface area contributed by atoms with Crippen molar-refractivity contribution in [2.24, 2.45) is 0 Å². The lowest BCUT2D eigenvalue weighted by atomic mass is 10.2. The predicted octanol–water partition coefficient (Wildman–Crippen LogP) is 1.07. The number of phenols is 2. The van der Waals surface area contributed by atoms with E-state index in [0.717, 1.165) is 0 Å². The molecule has 16 heavy (non-hydrogen) atoms. The van der Waals surface area contributed by atoms with Crippen LogP contribution in [0.3, 0.4) is 0 Å². The summed E-state index contributed by atoms with van der Waals surface area (Å²) < 4.78 is 0. The van der Waals surface area contributed by atoms with Crippen LogP contribution in [0.1, 0.15) is 10.4 Å². The number of aromatic hydroxyl groups is 2. The maximum absolute atomic E-state index is 11.6. The molecule has 82 valence electrons. The average Bonchev–Trinajstić information content (AvgIpc) is 2.74. The van der Waals surface area contributed by atoms with Gasteiger partial charge in [-0.15, -0.1) is 0 Å². The molecule has 4 N–H and O–H groups in total. The molecular formula is C10H9N3O3. The van der Waals surface area contributed by atoms with E-state index in [1.54, 1.807) is 6.20 Å². The third-order valence-electron chi connectivity index (χ3n) is 1.97. The van der Waals surface area contributed by atoms with E-state index in [9.17, 15) is 9.90 Å². The lowest BCUT2D eigenvalue weighted by Gasteiger charge is -2.03. The van der Waals surface area contributed by atoms with E-state index in [1.165, 1.54) is 24.4 Å². The van der Waals surface area contributed by atoms with Crippen LogP contribution in [0.4, 0.5) is 5.95 Å². The molecule has 0 saturated heterocycles. The van der Waals surface area contributed by atoms with Gasteiger partial charge in [-0.3, -0.25) is 10.1 Å². The molecule has 6 nitrogen and oxygen atoms in total. The smallest absolute Gasteiger partial charge is 0.258 e. The highest BCUT2D eigenvalue weighted by atomic mass is 16.3. The summed E-state index contributed by atoms with van der Waals surface area (Å²) in [5.41, 5.74) is 0.228. The second-order valence-corrected chi connectivity index (χ2v) is 3.10. The molecule has 0 spiro atoms. The molecule has 0 aliphatic rings. The van der Waals surface area contributed by atoms with Crippen LogP contribution in [0.25, 0.3) is 0 Å². The number of nitrogens with zero attached hydrogens (tertiary/aromatic N) is 1. The third-order valence-corrected chi connectivity index (χ3v) is 1.97. The lowest BCUT2D eigenvalue weighted by molar-refractivity contribution is 0.102. The van der Waals surface area contributed by atoms with Crippen molar-refractivity contribution in [1.82, 2.24) is 9.97 Å². The molecule has 1 amide bonds. The van der Waals surface area contributed by atoms with Crippen LogP contribution < -0.4 is 5.32 Å². The van der Waals surface area contributed by atoms with Crippen molar-refractivity contribution in [3.05, 3.63) is 36.2 Å². The summed E-state index contributed by atoms with van der Waals surface area (Å²) in [4.78, 5) is 18.1. The summed E-state index contributed by atoms with van der Waals surface area (Å²) in [5, 5.41) is 20.8. The number of anilines is 1. The van der Waals surface area contributed by atoms with Crippen molar-refractivity contribution in [1.29, 1.82) is 0 Å². The zero-order chi connectivity index (χ0) is 11.5. The van der Waals surface area contributed by atoms with Gasteiger partial charge in [0.2, 0.25) is 5.95 Å². The molecule has 0 aliphatic heterocycles. The Morgan fingerprint density at radius 2 is 2.12 bits per heavy atom. The first-order valence-corrected chi connectivity index (χ1v) is 4.49. The van der Waals surface area contributed by atoms with Crippen molar-refractivity contribution in [3.63, 3.8) is 0 Å². The van der Waals surface area contributed by atoms with Crippen molar-refractivity contribution in [3.8, 4) is 11.5 Å². The zero-order valence-corrected chi connectivity index (χ0v) is 8.14. The first-order chi connectivity index (χ1) is 7.66. The van der Waals surface area contributed by atoms with Gasteiger partial charge in [0.05, 0.1) is 0 Å². The number of nitrogens with one attached hydrogen (secondary N) is 2. The number of rotatable bonds is 2. The van der Waals surface area contributed by atoms with E-state index in [4.69, 9.17) is 5.11 Å². The highest BCUT2D eigenvalue weighted by Crippen LogP contribution is 2.24. The predicted molar refractivity (Wildman–Crippen MR) is 56.3 cm³/mol. The number of imidazole rings is 1. The van der Waals surface area contributed by atoms with Gasteiger partial charge in [0.15, 0.2) is 11.5 Å². The number of benzene rings is 1. The Hall–Kier alpha value is -2.50. The average molecular weight is 219 g/mol.